The Balaban J connectivity index is 2.27. The third kappa shape index (κ3) is 5.06. The highest BCUT2D eigenvalue weighted by molar-refractivity contribution is 6.13. The third-order valence-corrected chi connectivity index (χ3v) is 3.46. The maximum absolute atomic E-state index is 11.5. The summed E-state index contributed by atoms with van der Waals surface area (Å²) in [6.45, 7) is 2.11. The molecule has 2 aromatic carbocycles. The van der Waals surface area contributed by atoms with Crippen LogP contribution >= 0.6 is 0 Å². The summed E-state index contributed by atoms with van der Waals surface area (Å²) in [7, 11) is 0. The first-order valence-corrected chi connectivity index (χ1v) is 7.98. The molecule has 0 aliphatic rings. The lowest BCUT2D eigenvalue weighted by atomic mass is 10.0. The molecule has 0 radical (unpaired) electrons. The van der Waals surface area contributed by atoms with Gasteiger partial charge in [-0.2, -0.15) is 5.26 Å². The van der Waals surface area contributed by atoms with Gasteiger partial charge in [0.25, 0.3) is 0 Å². The molecule has 0 N–H and O–H groups in total. The van der Waals surface area contributed by atoms with Crippen LogP contribution in [-0.2, 0) is 9.53 Å². The highest BCUT2D eigenvalue weighted by atomic mass is 16.5. The minimum Gasteiger partial charge on any atom is -0.466 e. The number of rotatable bonds is 7. The first-order valence-electron chi connectivity index (χ1n) is 7.98. The van der Waals surface area contributed by atoms with Gasteiger partial charge < -0.3 is 4.74 Å². The van der Waals surface area contributed by atoms with Crippen LogP contribution in [-0.4, -0.2) is 24.3 Å². The summed E-state index contributed by atoms with van der Waals surface area (Å²) in [6, 6.07) is 21.1. The Kier molecular flexibility index (Phi) is 6.73. The van der Waals surface area contributed by atoms with Crippen LogP contribution in [0.25, 0.3) is 0 Å². The molecule has 0 amide bonds. The third-order valence-electron chi connectivity index (χ3n) is 3.46. The maximum atomic E-state index is 11.5. The largest absolute Gasteiger partial charge is 0.466 e. The van der Waals surface area contributed by atoms with Crippen molar-refractivity contribution in [2.45, 2.75) is 25.8 Å². The van der Waals surface area contributed by atoms with Crippen molar-refractivity contribution < 1.29 is 9.53 Å². The minimum absolute atomic E-state index is 0.187. The number of carbonyl (C=O) groups excluding carboxylic acids is 1. The predicted molar refractivity (Wildman–Crippen MR) is 93.8 cm³/mol. The first kappa shape index (κ1) is 17.4. The van der Waals surface area contributed by atoms with Crippen molar-refractivity contribution in [1.29, 1.82) is 5.26 Å². The first-order chi connectivity index (χ1) is 11.7. The number of nitrogens with zero attached hydrogens (tertiary/aromatic N) is 2. The number of carbonyl (C=O) groups is 1. The predicted octanol–water partition coefficient (Wildman–Crippen LogP) is 3.76. The Hall–Kier alpha value is -2.93. The molecular formula is C20H20N2O2. The Morgan fingerprint density at radius 2 is 1.62 bits per heavy atom. The summed E-state index contributed by atoms with van der Waals surface area (Å²) >= 11 is 0. The summed E-state index contributed by atoms with van der Waals surface area (Å²) in [5.41, 5.74) is 2.65. The van der Waals surface area contributed by atoms with Crippen molar-refractivity contribution in [3.8, 4) is 6.07 Å². The zero-order chi connectivity index (χ0) is 17.2. The van der Waals surface area contributed by atoms with Crippen molar-refractivity contribution in [3.05, 3.63) is 71.8 Å². The number of esters is 1. The van der Waals surface area contributed by atoms with Gasteiger partial charge in [0.2, 0.25) is 0 Å². The summed E-state index contributed by atoms with van der Waals surface area (Å²) < 4.78 is 4.91. The smallest absolute Gasteiger partial charge is 0.305 e. The van der Waals surface area contributed by atoms with Crippen LogP contribution in [0.4, 0.5) is 0 Å². The van der Waals surface area contributed by atoms with Crippen molar-refractivity contribution in [3.63, 3.8) is 0 Å². The number of ether oxygens (including phenoxy) is 1. The lowest BCUT2D eigenvalue weighted by Crippen LogP contribution is -2.13. The summed E-state index contributed by atoms with van der Waals surface area (Å²) in [4.78, 5) is 16.1. The molecule has 4 nitrogen and oxygen atoms in total. The van der Waals surface area contributed by atoms with Gasteiger partial charge in [0.1, 0.15) is 6.04 Å². The zero-order valence-electron chi connectivity index (χ0n) is 13.7. The molecular weight excluding hydrogens is 300 g/mol. The molecule has 0 aliphatic carbocycles. The second-order valence-electron chi connectivity index (χ2n) is 5.20. The van der Waals surface area contributed by atoms with Crippen LogP contribution in [0.1, 0.15) is 30.9 Å². The highest BCUT2D eigenvalue weighted by Crippen LogP contribution is 2.14. The molecule has 0 spiro atoms. The van der Waals surface area contributed by atoms with E-state index in [1.807, 2.05) is 60.7 Å². The van der Waals surface area contributed by atoms with E-state index in [-0.39, 0.29) is 12.4 Å². The van der Waals surface area contributed by atoms with E-state index < -0.39 is 6.04 Å². The van der Waals surface area contributed by atoms with E-state index in [2.05, 4.69) is 11.1 Å². The molecule has 0 aliphatic heterocycles. The van der Waals surface area contributed by atoms with Crippen molar-refractivity contribution >= 4 is 11.7 Å². The molecule has 24 heavy (non-hydrogen) atoms. The molecule has 1 unspecified atom stereocenters. The van der Waals surface area contributed by atoms with Gasteiger partial charge in [0, 0.05) is 17.5 Å². The van der Waals surface area contributed by atoms with E-state index in [4.69, 9.17) is 4.74 Å². The Bertz CT molecular complexity index is 677. The average molecular weight is 320 g/mol. The van der Waals surface area contributed by atoms with Crippen LogP contribution in [0.5, 0.6) is 0 Å². The molecule has 122 valence electrons. The number of benzene rings is 2. The number of nitriles is 1. The fraction of sp³-hybridized carbons (Fsp3) is 0.250. The molecule has 0 saturated heterocycles. The average Bonchev–Trinajstić information content (AvgIpc) is 2.64. The van der Waals surface area contributed by atoms with Gasteiger partial charge in [-0.1, -0.05) is 60.7 Å². The molecule has 0 bridgehead atoms. The molecule has 4 heteroatoms. The monoisotopic (exact) mass is 320 g/mol. The maximum Gasteiger partial charge on any atom is 0.305 e. The van der Waals surface area contributed by atoms with E-state index in [9.17, 15) is 10.1 Å². The van der Waals surface area contributed by atoms with Gasteiger partial charge in [-0.25, -0.2) is 0 Å². The molecule has 0 saturated carbocycles. The van der Waals surface area contributed by atoms with Crippen LogP contribution in [0.2, 0.25) is 0 Å². The molecule has 2 rings (SSSR count). The summed E-state index contributed by atoms with van der Waals surface area (Å²) in [5.74, 6) is -0.297. The normalized spacial score (nSPS) is 11.2. The van der Waals surface area contributed by atoms with E-state index in [0.717, 1.165) is 16.8 Å². The van der Waals surface area contributed by atoms with Crippen LogP contribution in [0.3, 0.4) is 0 Å². The second-order valence-corrected chi connectivity index (χ2v) is 5.20. The Morgan fingerprint density at radius 3 is 2.08 bits per heavy atom. The van der Waals surface area contributed by atoms with Crippen molar-refractivity contribution in [2.24, 2.45) is 4.99 Å². The van der Waals surface area contributed by atoms with E-state index in [1.165, 1.54) is 0 Å². The van der Waals surface area contributed by atoms with E-state index in [0.29, 0.717) is 13.0 Å². The van der Waals surface area contributed by atoms with E-state index >= 15 is 0 Å². The lowest BCUT2D eigenvalue weighted by molar-refractivity contribution is -0.143. The molecule has 0 fully saturated rings. The molecule has 0 aromatic heterocycles. The van der Waals surface area contributed by atoms with Gasteiger partial charge in [0.15, 0.2) is 0 Å². The topological polar surface area (TPSA) is 62.5 Å². The van der Waals surface area contributed by atoms with Gasteiger partial charge >= 0.3 is 5.97 Å². The molecule has 1 atom stereocenters. The minimum atomic E-state index is -0.593. The van der Waals surface area contributed by atoms with Crippen LogP contribution in [0, 0.1) is 11.3 Å². The van der Waals surface area contributed by atoms with Gasteiger partial charge in [-0.05, 0) is 13.3 Å². The Labute approximate surface area is 142 Å². The fourth-order valence-corrected chi connectivity index (χ4v) is 2.31. The Morgan fingerprint density at radius 1 is 1.08 bits per heavy atom. The van der Waals surface area contributed by atoms with Gasteiger partial charge in [0.05, 0.1) is 18.4 Å². The van der Waals surface area contributed by atoms with Crippen LogP contribution in [0.15, 0.2) is 65.7 Å². The lowest BCUT2D eigenvalue weighted by Gasteiger charge is -2.10. The SMILES string of the molecule is CCOC(=O)CCC(C#N)N=C(c1ccccc1)c1ccccc1. The summed E-state index contributed by atoms with van der Waals surface area (Å²) in [5, 5.41) is 9.40. The van der Waals surface area contributed by atoms with Gasteiger partial charge in [-0.3, -0.25) is 9.79 Å². The number of hydrogen-bond donors (Lipinski definition) is 0. The quantitative estimate of drug-likeness (QED) is 0.576. The standard InChI is InChI=1S/C20H20N2O2/c1-2-24-19(23)14-13-18(15-21)22-20(16-9-5-3-6-10-16)17-11-7-4-8-12-17/h3-12,18H,2,13-14H2,1H3. The van der Waals surface area contributed by atoms with E-state index in [1.54, 1.807) is 6.92 Å². The molecule has 2 aromatic rings. The second kappa shape index (κ2) is 9.26. The highest BCUT2D eigenvalue weighted by Gasteiger charge is 2.13. The number of aliphatic imine (C=N–C) groups is 1. The van der Waals surface area contributed by atoms with Gasteiger partial charge in [-0.15, -0.1) is 0 Å². The summed E-state index contributed by atoms with van der Waals surface area (Å²) in [6.07, 6.45) is 0.533. The number of hydrogen-bond acceptors (Lipinski definition) is 4. The fourth-order valence-electron chi connectivity index (χ4n) is 2.31. The van der Waals surface area contributed by atoms with Crippen molar-refractivity contribution in [2.75, 3.05) is 6.61 Å². The molecule has 0 heterocycles. The van der Waals surface area contributed by atoms with Crippen molar-refractivity contribution in [1.82, 2.24) is 0 Å². The van der Waals surface area contributed by atoms with Crippen LogP contribution < -0.4 is 0 Å². The zero-order valence-corrected chi connectivity index (χ0v) is 13.7.